The van der Waals surface area contributed by atoms with Gasteiger partial charge in [-0.05, 0) is 53.2 Å². The highest BCUT2D eigenvalue weighted by Gasteiger charge is 2.23. The minimum absolute atomic E-state index is 0.0449. The van der Waals surface area contributed by atoms with E-state index >= 15 is 0 Å². The van der Waals surface area contributed by atoms with Gasteiger partial charge in [0.25, 0.3) is 11.8 Å². The fraction of sp³-hybridized carbons (Fsp3) is 0.172. The molecule has 2 amide bonds. The third-order valence-corrected chi connectivity index (χ3v) is 6.75. The van der Waals surface area contributed by atoms with Crippen LogP contribution < -0.4 is 15.0 Å². The van der Waals surface area contributed by atoms with Crippen LogP contribution >= 0.6 is 11.6 Å². The van der Waals surface area contributed by atoms with Crippen LogP contribution in [0.1, 0.15) is 20.7 Å². The minimum atomic E-state index is -0.269. The molecule has 0 unspecified atom stereocenters. The lowest BCUT2D eigenvalue weighted by Crippen LogP contribution is -2.48. The Balaban J connectivity index is 1.26. The van der Waals surface area contributed by atoms with E-state index in [1.807, 2.05) is 83.8 Å². The van der Waals surface area contributed by atoms with Crippen molar-refractivity contribution in [2.45, 2.75) is 0 Å². The Bertz CT molecular complexity index is 1420. The highest BCUT2D eigenvalue weighted by Crippen LogP contribution is 2.31. The molecule has 0 aromatic heterocycles. The maximum absolute atomic E-state index is 13.1. The van der Waals surface area contributed by atoms with Gasteiger partial charge in [0.2, 0.25) is 0 Å². The van der Waals surface area contributed by atoms with Crippen molar-refractivity contribution in [3.63, 3.8) is 0 Å². The van der Waals surface area contributed by atoms with Crippen molar-refractivity contribution in [2.75, 3.05) is 43.5 Å². The van der Waals surface area contributed by atoms with E-state index in [0.717, 1.165) is 16.5 Å². The molecule has 6 nitrogen and oxygen atoms in total. The number of halogens is 1. The van der Waals surface area contributed by atoms with E-state index in [4.69, 9.17) is 16.3 Å². The molecule has 1 N–H and O–H groups in total. The summed E-state index contributed by atoms with van der Waals surface area (Å²) in [6, 6.07) is 26.4. The van der Waals surface area contributed by atoms with Crippen molar-refractivity contribution >= 4 is 45.6 Å². The van der Waals surface area contributed by atoms with Gasteiger partial charge in [-0.25, -0.2) is 0 Å². The lowest BCUT2D eigenvalue weighted by molar-refractivity contribution is 0.0746. The number of methoxy groups -OCH3 is 1. The van der Waals surface area contributed by atoms with Crippen LogP contribution in [0.4, 0.5) is 11.4 Å². The van der Waals surface area contributed by atoms with Crippen LogP contribution in [0.3, 0.4) is 0 Å². The summed E-state index contributed by atoms with van der Waals surface area (Å²) >= 11 is 6.63. The Labute approximate surface area is 215 Å². The molecule has 1 heterocycles. The molecule has 4 aromatic rings. The summed E-state index contributed by atoms with van der Waals surface area (Å²) in [5.74, 6) is 0.287. The minimum Gasteiger partial charge on any atom is -0.496 e. The first kappa shape index (κ1) is 23.7. The first-order valence-electron chi connectivity index (χ1n) is 11.8. The summed E-state index contributed by atoms with van der Waals surface area (Å²) in [4.78, 5) is 29.8. The topological polar surface area (TPSA) is 61.9 Å². The summed E-state index contributed by atoms with van der Waals surface area (Å²) < 4.78 is 5.47. The lowest BCUT2D eigenvalue weighted by Gasteiger charge is -2.36. The maximum Gasteiger partial charge on any atom is 0.259 e. The summed E-state index contributed by atoms with van der Waals surface area (Å²) in [7, 11) is 1.56. The Kier molecular flexibility index (Phi) is 6.78. The van der Waals surface area contributed by atoms with Gasteiger partial charge in [0.05, 0.1) is 23.4 Å². The molecular formula is C29H26ClN3O3. The van der Waals surface area contributed by atoms with E-state index in [9.17, 15) is 9.59 Å². The summed E-state index contributed by atoms with van der Waals surface area (Å²) in [5, 5.41) is 5.44. The van der Waals surface area contributed by atoms with Gasteiger partial charge < -0.3 is 19.9 Å². The molecule has 5 rings (SSSR count). The zero-order valence-electron chi connectivity index (χ0n) is 19.9. The van der Waals surface area contributed by atoms with E-state index in [0.29, 0.717) is 53.8 Å². The van der Waals surface area contributed by atoms with Crippen molar-refractivity contribution in [1.82, 2.24) is 4.90 Å². The SMILES string of the molecule is COc1cc2ccccc2cc1C(=O)Nc1ccc(N2CCN(C(=O)c3ccccc3)CC2)c(Cl)c1. The molecule has 1 fully saturated rings. The van der Waals surface area contributed by atoms with Crippen molar-refractivity contribution < 1.29 is 14.3 Å². The Morgan fingerprint density at radius 2 is 1.50 bits per heavy atom. The molecule has 1 aliphatic heterocycles. The van der Waals surface area contributed by atoms with E-state index < -0.39 is 0 Å². The number of nitrogens with zero attached hydrogens (tertiary/aromatic N) is 2. The second-order valence-electron chi connectivity index (χ2n) is 8.67. The van der Waals surface area contributed by atoms with E-state index in [-0.39, 0.29) is 11.8 Å². The molecule has 1 saturated heterocycles. The van der Waals surface area contributed by atoms with Gasteiger partial charge in [-0.2, -0.15) is 0 Å². The molecule has 4 aromatic carbocycles. The van der Waals surface area contributed by atoms with Crippen LogP contribution in [-0.4, -0.2) is 50.0 Å². The summed E-state index contributed by atoms with van der Waals surface area (Å²) in [5.41, 5.74) is 2.63. The highest BCUT2D eigenvalue weighted by atomic mass is 35.5. The second-order valence-corrected chi connectivity index (χ2v) is 9.07. The number of hydrogen-bond donors (Lipinski definition) is 1. The molecule has 1 aliphatic rings. The molecule has 7 heteroatoms. The van der Waals surface area contributed by atoms with E-state index in [1.165, 1.54) is 0 Å². The Morgan fingerprint density at radius 1 is 0.833 bits per heavy atom. The second kappa shape index (κ2) is 10.3. The van der Waals surface area contributed by atoms with Crippen molar-refractivity contribution in [3.05, 3.63) is 101 Å². The number of ether oxygens (including phenoxy) is 1. The predicted molar refractivity (Wildman–Crippen MR) is 144 cm³/mol. The average Bonchev–Trinajstić information content (AvgIpc) is 2.92. The monoisotopic (exact) mass is 499 g/mol. The first-order chi connectivity index (χ1) is 17.5. The number of amides is 2. The molecule has 0 atom stereocenters. The number of carbonyl (C=O) groups excluding carboxylic acids is 2. The number of anilines is 2. The third kappa shape index (κ3) is 4.86. The highest BCUT2D eigenvalue weighted by molar-refractivity contribution is 6.33. The quantitative estimate of drug-likeness (QED) is 0.381. The Hall–Kier alpha value is -4.03. The largest absolute Gasteiger partial charge is 0.496 e. The van der Waals surface area contributed by atoms with Gasteiger partial charge >= 0.3 is 0 Å². The molecule has 0 aliphatic carbocycles. The molecule has 0 spiro atoms. The van der Waals surface area contributed by atoms with Crippen LogP contribution in [0.2, 0.25) is 5.02 Å². The number of hydrogen-bond acceptors (Lipinski definition) is 4. The standard InChI is InChI=1S/C29H26ClN3O3/c1-36-27-18-22-10-6-5-9-21(22)17-24(27)28(34)31-23-11-12-26(25(30)19-23)32-13-15-33(16-14-32)29(35)20-7-3-2-4-8-20/h2-12,17-19H,13-16H2,1H3,(H,31,34). The van der Waals surface area contributed by atoms with Crippen LogP contribution in [0.15, 0.2) is 84.9 Å². The van der Waals surface area contributed by atoms with Crippen molar-refractivity contribution in [3.8, 4) is 5.75 Å². The molecular weight excluding hydrogens is 474 g/mol. The van der Waals surface area contributed by atoms with Crippen LogP contribution in [0, 0.1) is 0 Å². The Morgan fingerprint density at radius 3 is 2.17 bits per heavy atom. The first-order valence-corrected chi connectivity index (χ1v) is 12.2. The van der Waals surface area contributed by atoms with Crippen LogP contribution in [0.5, 0.6) is 5.75 Å². The molecule has 0 radical (unpaired) electrons. The molecule has 182 valence electrons. The fourth-order valence-corrected chi connectivity index (χ4v) is 4.82. The molecule has 36 heavy (non-hydrogen) atoms. The van der Waals surface area contributed by atoms with Gasteiger partial charge in [-0.15, -0.1) is 0 Å². The van der Waals surface area contributed by atoms with E-state index in [1.54, 1.807) is 13.2 Å². The number of rotatable bonds is 5. The third-order valence-electron chi connectivity index (χ3n) is 6.45. The summed E-state index contributed by atoms with van der Waals surface area (Å²) in [6.07, 6.45) is 0. The zero-order chi connectivity index (χ0) is 25.1. The molecule has 0 saturated carbocycles. The normalized spacial score (nSPS) is 13.5. The van der Waals surface area contributed by atoms with Crippen LogP contribution in [-0.2, 0) is 0 Å². The molecule has 0 bridgehead atoms. The van der Waals surface area contributed by atoms with Crippen LogP contribution in [0.25, 0.3) is 10.8 Å². The summed E-state index contributed by atoms with van der Waals surface area (Å²) in [6.45, 7) is 2.59. The number of benzene rings is 4. The number of carbonyl (C=O) groups is 2. The van der Waals surface area contributed by atoms with Gasteiger partial charge in [-0.3, -0.25) is 9.59 Å². The van der Waals surface area contributed by atoms with Gasteiger partial charge in [0, 0.05) is 37.4 Å². The number of piperazine rings is 1. The number of fused-ring (bicyclic) bond motifs is 1. The van der Waals surface area contributed by atoms with Gasteiger partial charge in [0.1, 0.15) is 5.75 Å². The van der Waals surface area contributed by atoms with E-state index in [2.05, 4.69) is 10.2 Å². The van der Waals surface area contributed by atoms with Crippen molar-refractivity contribution in [2.24, 2.45) is 0 Å². The smallest absolute Gasteiger partial charge is 0.259 e. The average molecular weight is 500 g/mol. The lowest BCUT2D eigenvalue weighted by atomic mass is 10.1. The predicted octanol–water partition coefficient (Wildman–Crippen LogP) is 5.72. The maximum atomic E-state index is 13.1. The number of nitrogens with one attached hydrogen (secondary N) is 1. The van der Waals surface area contributed by atoms with Gasteiger partial charge in [0.15, 0.2) is 0 Å². The van der Waals surface area contributed by atoms with Gasteiger partial charge in [-0.1, -0.05) is 54.1 Å². The van der Waals surface area contributed by atoms with Crippen molar-refractivity contribution in [1.29, 1.82) is 0 Å². The fourth-order valence-electron chi connectivity index (χ4n) is 4.52. The zero-order valence-corrected chi connectivity index (χ0v) is 20.7.